The van der Waals surface area contributed by atoms with E-state index in [0.717, 1.165) is 9.21 Å². The maximum atomic E-state index is 14.0. The number of oxime groups is 1. The largest absolute Gasteiger partial charge is 0.409 e. The molecular weight excluding hydrogens is 313 g/mol. The van der Waals surface area contributed by atoms with Gasteiger partial charge in [0.25, 0.3) is 0 Å². The summed E-state index contributed by atoms with van der Waals surface area (Å²) in [5.74, 6) is -0.516. The third kappa shape index (κ3) is 3.93. The molecule has 0 aliphatic heterocycles. The zero-order valence-corrected chi connectivity index (χ0v) is 12.9. The Kier molecular flexibility index (Phi) is 5.17. The van der Waals surface area contributed by atoms with E-state index in [1.165, 1.54) is 17.4 Å². The Morgan fingerprint density at radius 2 is 2.24 bits per heavy atom. The lowest BCUT2D eigenvalue weighted by Crippen LogP contribution is -2.19. The minimum Gasteiger partial charge on any atom is -0.409 e. The first kappa shape index (κ1) is 15.8. The first-order chi connectivity index (χ1) is 10.0. The maximum absolute atomic E-state index is 14.0. The molecule has 0 fully saturated rings. The predicted molar refractivity (Wildman–Crippen MR) is 83.5 cm³/mol. The van der Waals surface area contributed by atoms with Gasteiger partial charge in [0.05, 0.1) is 4.34 Å². The number of rotatable bonds is 5. The molecule has 4 nitrogen and oxygen atoms in total. The first-order valence-electron chi connectivity index (χ1n) is 6.26. The Labute approximate surface area is 131 Å². The molecule has 7 heteroatoms. The summed E-state index contributed by atoms with van der Waals surface area (Å²) >= 11 is 7.39. The normalized spacial score (nSPS) is 13.4. The van der Waals surface area contributed by atoms with Crippen LogP contribution < -0.4 is 11.1 Å². The van der Waals surface area contributed by atoms with Gasteiger partial charge in [-0.05, 0) is 25.1 Å². The fraction of sp³-hybridized carbons (Fsp3) is 0.214. The molecule has 1 aromatic heterocycles. The van der Waals surface area contributed by atoms with Crippen molar-refractivity contribution in [3.8, 4) is 0 Å². The molecule has 1 atom stereocenters. The Bertz CT molecular complexity index is 659. The molecule has 0 saturated carbocycles. The van der Waals surface area contributed by atoms with Crippen molar-refractivity contribution in [2.45, 2.75) is 19.5 Å². The number of hydrogen-bond donors (Lipinski definition) is 3. The number of thiophene rings is 1. The zero-order chi connectivity index (χ0) is 15.4. The summed E-state index contributed by atoms with van der Waals surface area (Å²) in [5, 5.41) is 14.7. The summed E-state index contributed by atoms with van der Waals surface area (Å²) in [6.07, 6.45) is 0. The van der Waals surface area contributed by atoms with Crippen LogP contribution >= 0.6 is 22.9 Å². The highest BCUT2D eigenvalue weighted by Crippen LogP contribution is 2.26. The van der Waals surface area contributed by atoms with E-state index in [0.29, 0.717) is 17.7 Å². The van der Waals surface area contributed by atoms with Crippen LogP contribution in [-0.2, 0) is 6.54 Å². The van der Waals surface area contributed by atoms with Crippen LogP contribution in [0.3, 0.4) is 0 Å². The molecule has 0 bridgehead atoms. The Morgan fingerprint density at radius 1 is 1.48 bits per heavy atom. The summed E-state index contributed by atoms with van der Waals surface area (Å²) in [6, 6.07) is 8.34. The van der Waals surface area contributed by atoms with Crippen molar-refractivity contribution in [3.05, 3.63) is 56.5 Å². The summed E-state index contributed by atoms with van der Waals surface area (Å²) in [7, 11) is 0. The van der Waals surface area contributed by atoms with Crippen molar-refractivity contribution in [2.75, 3.05) is 0 Å². The molecule has 0 amide bonds. The second-order valence-corrected chi connectivity index (χ2v) is 6.28. The van der Waals surface area contributed by atoms with Gasteiger partial charge in [-0.2, -0.15) is 0 Å². The first-order valence-corrected chi connectivity index (χ1v) is 7.45. The van der Waals surface area contributed by atoms with Crippen molar-refractivity contribution in [2.24, 2.45) is 10.9 Å². The highest BCUT2D eigenvalue weighted by atomic mass is 35.5. The van der Waals surface area contributed by atoms with Crippen molar-refractivity contribution in [1.29, 1.82) is 0 Å². The summed E-state index contributed by atoms with van der Waals surface area (Å²) < 4.78 is 14.7. The third-order valence-corrected chi connectivity index (χ3v) is 4.49. The van der Waals surface area contributed by atoms with E-state index in [-0.39, 0.29) is 11.9 Å². The molecule has 21 heavy (non-hydrogen) atoms. The number of benzene rings is 1. The molecule has 2 aromatic rings. The minimum atomic E-state index is -0.400. The highest BCUT2D eigenvalue weighted by molar-refractivity contribution is 7.16. The van der Waals surface area contributed by atoms with Crippen molar-refractivity contribution < 1.29 is 9.60 Å². The van der Waals surface area contributed by atoms with Crippen LogP contribution in [0.2, 0.25) is 4.34 Å². The van der Waals surface area contributed by atoms with Gasteiger partial charge < -0.3 is 16.3 Å². The number of nitrogens with two attached hydrogens (primary N) is 1. The van der Waals surface area contributed by atoms with Crippen molar-refractivity contribution >= 4 is 28.8 Å². The molecule has 0 aliphatic rings. The SMILES string of the molecule is CC(NCc1ccc(C(N)=NO)cc1F)c1ccc(Cl)s1. The quantitative estimate of drug-likeness (QED) is 0.341. The lowest BCUT2D eigenvalue weighted by Gasteiger charge is -2.13. The third-order valence-electron chi connectivity index (χ3n) is 3.08. The van der Waals surface area contributed by atoms with Gasteiger partial charge in [0.1, 0.15) is 5.82 Å². The van der Waals surface area contributed by atoms with E-state index in [9.17, 15) is 4.39 Å². The molecule has 0 aliphatic carbocycles. The molecule has 1 unspecified atom stereocenters. The lowest BCUT2D eigenvalue weighted by atomic mass is 10.1. The standard InChI is InChI=1S/C14H15ClFN3OS/c1-8(12-4-5-13(15)21-12)18-7-10-3-2-9(6-11(10)16)14(17)19-20/h2-6,8,18,20H,7H2,1H3,(H2,17,19). The number of hydrogen-bond acceptors (Lipinski definition) is 4. The smallest absolute Gasteiger partial charge is 0.170 e. The Morgan fingerprint density at radius 3 is 2.81 bits per heavy atom. The van der Waals surface area contributed by atoms with Crippen molar-refractivity contribution in [3.63, 3.8) is 0 Å². The molecule has 0 spiro atoms. The van der Waals surface area contributed by atoms with Gasteiger partial charge in [-0.15, -0.1) is 11.3 Å². The highest BCUT2D eigenvalue weighted by Gasteiger charge is 2.10. The van der Waals surface area contributed by atoms with Gasteiger partial charge in [-0.25, -0.2) is 4.39 Å². The fourth-order valence-electron chi connectivity index (χ4n) is 1.83. The molecular formula is C14H15ClFN3OS. The Hall–Kier alpha value is -1.63. The Balaban J connectivity index is 2.03. The van der Waals surface area contributed by atoms with E-state index >= 15 is 0 Å². The average Bonchev–Trinajstić information content (AvgIpc) is 2.91. The van der Waals surface area contributed by atoms with Gasteiger partial charge in [-0.1, -0.05) is 28.9 Å². The van der Waals surface area contributed by atoms with E-state index in [1.54, 1.807) is 12.1 Å². The van der Waals surface area contributed by atoms with Crippen LogP contribution in [-0.4, -0.2) is 11.0 Å². The summed E-state index contributed by atoms with van der Waals surface area (Å²) in [4.78, 5) is 1.09. The predicted octanol–water partition coefficient (Wildman–Crippen LogP) is 3.49. The van der Waals surface area contributed by atoms with E-state index in [1.807, 2.05) is 19.1 Å². The molecule has 0 radical (unpaired) electrons. The van der Waals surface area contributed by atoms with Gasteiger partial charge in [0.2, 0.25) is 0 Å². The van der Waals surface area contributed by atoms with Crippen LogP contribution in [0.15, 0.2) is 35.5 Å². The van der Waals surface area contributed by atoms with Crippen LogP contribution in [0.5, 0.6) is 0 Å². The number of halogens is 2. The molecule has 0 saturated heterocycles. The second kappa shape index (κ2) is 6.89. The minimum absolute atomic E-state index is 0.0747. The number of nitrogens with one attached hydrogen (secondary N) is 1. The van der Waals surface area contributed by atoms with Crippen LogP contribution in [0.1, 0.15) is 29.0 Å². The molecule has 112 valence electrons. The van der Waals surface area contributed by atoms with Crippen LogP contribution in [0.4, 0.5) is 4.39 Å². The van der Waals surface area contributed by atoms with Gasteiger partial charge >= 0.3 is 0 Å². The van der Waals surface area contributed by atoms with Crippen LogP contribution in [0.25, 0.3) is 0 Å². The van der Waals surface area contributed by atoms with Crippen LogP contribution in [0, 0.1) is 5.82 Å². The van der Waals surface area contributed by atoms with Gasteiger partial charge in [0.15, 0.2) is 5.84 Å². The summed E-state index contributed by atoms with van der Waals surface area (Å²) in [5.41, 5.74) is 6.28. The maximum Gasteiger partial charge on any atom is 0.170 e. The molecule has 1 aromatic carbocycles. The van der Waals surface area contributed by atoms with Gasteiger partial charge in [-0.3, -0.25) is 0 Å². The van der Waals surface area contributed by atoms with Gasteiger partial charge in [0, 0.05) is 28.6 Å². The molecule has 4 N–H and O–H groups in total. The fourth-order valence-corrected chi connectivity index (χ4v) is 2.92. The average molecular weight is 328 g/mol. The second-order valence-electron chi connectivity index (χ2n) is 4.54. The monoisotopic (exact) mass is 327 g/mol. The van der Waals surface area contributed by atoms with Crippen molar-refractivity contribution in [1.82, 2.24) is 5.32 Å². The van der Waals surface area contributed by atoms with E-state index in [2.05, 4.69) is 10.5 Å². The number of nitrogens with zero attached hydrogens (tertiary/aromatic N) is 1. The topological polar surface area (TPSA) is 70.6 Å². The lowest BCUT2D eigenvalue weighted by molar-refractivity contribution is 0.318. The molecule has 2 rings (SSSR count). The molecule has 1 heterocycles. The van der Waals surface area contributed by atoms with E-state index in [4.69, 9.17) is 22.5 Å². The summed E-state index contributed by atoms with van der Waals surface area (Å²) in [6.45, 7) is 2.36. The zero-order valence-electron chi connectivity index (χ0n) is 11.3. The van der Waals surface area contributed by atoms with E-state index < -0.39 is 5.82 Å². The number of amidine groups is 1.